The molecule has 3 rings (SSSR count). The molecule has 1 aromatic heterocycles. The second-order valence-corrected chi connectivity index (χ2v) is 6.70. The van der Waals surface area contributed by atoms with Gasteiger partial charge in [-0.05, 0) is 26.9 Å². The molecule has 2 fully saturated rings. The topological polar surface area (TPSA) is 71.4 Å². The van der Waals surface area contributed by atoms with Crippen LogP contribution >= 0.6 is 0 Å². The Morgan fingerprint density at radius 2 is 2.05 bits per heavy atom. The van der Waals surface area contributed by atoms with Crippen LogP contribution in [0.15, 0.2) is 4.52 Å². The molecule has 118 valence electrons. The van der Waals surface area contributed by atoms with Crippen molar-refractivity contribution < 1.29 is 4.52 Å². The summed E-state index contributed by atoms with van der Waals surface area (Å²) in [6.07, 6.45) is 5.43. The zero-order valence-corrected chi connectivity index (χ0v) is 13.2. The van der Waals surface area contributed by atoms with Gasteiger partial charge in [0.1, 0.15) is 0 Å². The van der Waals surface area contributed by atoms with Crippen LogP contribution in [0.4, 0.5) is 0 Å². The van der Waals surface area contributed by atoms with Crippen LogP contribution in [0, 0.1) is 0 Å². The highest BCUT2D eigenvalue weighted by molar-refractivity contribution is 5.02. The van der Waals surface area contributed by atoms with Crippen molar-refractivity contribution in [1.29, 1.82) is 0 Å². The Morgan fingerprint density at radius 3 is 2.86 bits per heavy atom. The highest BCUT2D eigenvalue weighted by Crippen LogP contribution is 2.31. The predicted molar refractivity (Wildman–Crippen MR) is 81.1 cm³/mol. The molecule has 6 nitrogen and oxygen atoms in total. The lowest BCUT2D eigenvalue weighted by Gasteiger charge is -2.37. The Bertz CT molecular complexity index is 463. The number of aromatic nitrogens is 2. The second kappa shape index (κ2) is 6.42. The fourth-order valence-corrected chi connectivity index (χ4v) is 3.50. The third-order valence-electron chi connectivity index (χ3n) is 5.02. The average molecular weight is 293 g/mol. The highest BCUT2D eigenvalue weighted by atomic mass is 16.5. The van der Waals surface area contributed by atoms with Crippen molar-refractivity contribution in [2.24, 2.45) is 5.73 Å². The van der Waals surface area contributed by atoms with Crippen LogP contribution in [0.5, 0.6) is 0 Å². The zero-order chi connectivity index (χ0) is 14.8. The van der Waals surface area contributed by atoms with E-state index in [1.165, 1.54) is 12.8 Å². The van der Waals surface area contributed by atoms with Crippen LogP contribution in [-0.4, -0.2) is 65.8 Å². The van der Waals surface area contributed by atoms with Crippen LogP contribution in [-0.2, 0) is 6.42 Å². The number of hydrogen-bond acceptors (Lipinski definition) is 6. The zero-order valence-electron chi connectivity index (χ0n) is 13.2. The Hall–Kier alpha value is -0.980. The van der Waals surface area contributed by atoms with Crippen LogP contribution in [0.2, 0.25) is 0 Å². The molecular weight excluding hydrogens is 266 g/mol. The first-order valence-corrected chi connectivity index (χ1v) is 8.10. The molecule has 1 aliphatic heterocycles. The van der Waals surface area contributed by atoms with Gasteiger partial charge in [-0.25, -0.2) is 0 Å². The van der Waals surface area contributed by atoms with Crippen molar-refractivity contribution in [3.63, 3.8) is 0 Å². The van der Waals surface area contributed by atoms with E-state index in [0.29, 0.717) is 6.04 Å². The minimum absolute atomic E-state index is 0.176. The molecule has 0 radical (unpaired) electrons. The molecule has 6 heteroatoms. The van der Waals surface area contributed by atoms with Gasteiger partial charge in [0.25, 0.3) is 0 Å². The van der Waals surface area contributed by atoms with Gasteiger partial charge in [0.15, 0.2) is 5.82 Å². The van der Waals surface area contributed by atoms with Crippen molar-refractivity contribution in [2.75, 3.05) is 33.7 Å². The van der Waals surface area contributed by atoms with E-state index in [0.717, 1.165) is 50.6 Å². The lowest BCUT2D eigenvalue weighted by Crippen LogP contribution is -2.50. The van der Waals surface area contributed by atoms with Crippen molar-refractivity contribution in [1.82, 2.24) is 19.9 Å². The van der Waals surface area contributed by atoms with E-state index in [1.807, 2.05) is 0 Å². The third kappa shape index (κ3) is 3.44. The Balaban J connectivity index is 1.64. The largest absolute Gasteiger partial charge is 0.339 e. The standard InChI is InChI=1S/C15H27N5O/c1-19-7-8-20(2)11(10-19)9-14-17-15(21-18-14)12-5-3-4-6-13(12)16/h11-13H,3-10,16H2,1-2H3. The maximum Gasteiger partial charge on any atom is 0.231 e. The van der Waals surface area contributed by atoms with Gasteiger partial charge in [0, 0.05) is 38.1 Å². The molecule has 3 unspecified atom stereocenters. The first-order valence-electron chi connectivity index (χ1n) is 8.10. The predicted octanol–water partition coefficient (Wildman–Crippen LogP) is 0.843. The molecule has 1 saturated heterocycles. The molecule has 1 aromatic rings. The van der Waals surface area contributed by atoms with Crippen molar-refractivity contribution >= 4 is 0 Å². The summed E-state index contributed by atoms with van der Waals surface area (Å²) in [5, 5.41) is 4.19. The highest BCUT2D eigenvalue weighted by Gasteiger charge is 2.29. The van der Waals surface area contributed by atoms with Crippen molar-refractivity contribution in [2.45, 2.75) is 50.1 Å². The molecule has 21 heavy (non-hydrogen) atoms. The summed E-state index contributed by atoms with van der Waals surface area (Å²) in [6, 6.07) is 0.643. The average Bonchev–Trinajstić information content (AvgIpc) is 2.92. The Labute approximate surface area is 126 Å². The van der Waals surface area contributed by atoms with E-state index in [2.05, 4.69) is 34.0 Å². The van der Waals surface area contributed by atoms with Crippen LogP contribution < -0.4 is 5.73 Å². The van der Waals surface area contributed by atoms with Gasteiger partial charge in [-0.3, -0.25) is 0 Å². The van der Waals surface area contributed by atoms with E-state index >= 15 is 0 Å². The minimum atomic E-state index is 0.176. The van der Waals surface area contributed by atoms with E-state index in [9.17, 15) is 0 Å². The van der Waals surface area contributed by atoms with E-state index in [-0.39, 0.29) is 12.0 Å². The van der Waals surface area contributed by atoms with E-state index in [1.54, 1.807) is 0 Å². The van der Waals surface area contributed by atoms with Crippen LogP contribution in [0.1, 0.15) is 43.3 Å². The van der Waals surface area contributed by atoms with Gasteiger partial charge in [-0.15, -0.1) is 0 Å². The fraction of sp³-hybridized carbons (Fsp3) is 0.867. The summed E-state index contributed by atoms with van der Waals surface area (Å²) >= 11 is 0. The number of nitrogens with zero attached hydrogens (tertiary/aromatic N) is 4. The molecule has 0 amide bonds. The lowest BCUT2D eigenvalue weighted by atomic mass is 9.85. The summed E-state index contributed by atoms with van der Waals surface area (Å²) in [7, 11) is 4.35. The number of piperazine rings is 1. The van der Waals surface area contributed by atoms with Crippen molar-refractivity contribution in [3.8, 4) is 0 Å². The first kappa shape index (κ1) is 14.9. The minimum Gasteiger partial charge on any atom is -0.339 e. The monoisotopic (exact) mass is 293 g/mol. The summed E-state index contributed by atoms with van der Waals surface area (Å²) < 4.78 is 5.50. The van der Waals surface area contributed by atoms with Gasteiger partial charge < -0.3 is 20.1 Å². The smallest absolute Gasteiger partial charge is 0.231 e. The van der Waals surface area contributed by atoms with Gasteiger partial charge in [-0.2, -0.15) is 4.98 Å². The van der Waals surface area contributed by atoms with Gasteiger partial charge in [0.2, 0.25) is 5.89 Å². The molecule has 2 heterocycles. The molecule has 2 N–H and O–H groups in total. The third-order valence-corrected chi connectivity index (χ3v) is 5.02. The molecule has 3 atom stereocenters. The number of nitrogens with two attached hydrogens (primary N) is 1. The van der Waals surface area contributed by atoms with E-state index < -0.39 is 0 Å². The quantitative estimate of drug-likeness (QED) is 0.890. The Morgan fingerprint density at radius 1 is 1.24 bits per heavy atom. The van der Waals surface area contributed by atoms with Gasteiger partial charge in [-0.1, -0.05) is 18.0 Å². The number of hydrogen-bond donors (Lipinski definition) is 1. The molecule has 0 bridgehead atoms. The second-order valence-electron chi connectivity index (χ2n) is 6.70. The Kier molecular flexibility index (Phi) is 4.57. The molecule has 0 spiro atoms. The summed E-state index contributed by atoms with van der Waals surface area (Å²) in [6.45, 7) is 3.28. The van der Waals surface area contributed by atoms with Crippen LogP contribution in [0.25, 0.3) is 0 Å². The summed E-state index contributed by atoms with van der Waals surface area (Å²) in [4.78, 5) is 9.39. The normalized spacial score (nSPS) is 32.4. The molecule has 1 aliphatic carbocycles. The lowest BCUT2D eigenvalue weighted by molar-refractivity contribution is 0.113. The molecule has 0 aromatic carbocycles. The molecular formula is C15H27N5O. The van der Waals surface area contributed by atoms with Gasteiger partial charge in [0.05, 0.1) is 5.92 Å². The molecule has 2 aliphatic rings. The first-order chi connectivity index (χ1) is 10.1. The maximum atomic E-state index is 6.20. The SMILES string of the molecule is CN1CCN(C)C(Cc2noc(C3CCCCC3N)n2)C1. The fourth-order valence-electron chi connectivity index (χ4n) is 3.50. The number of rotatable bonds is 3. The molecule has 1 saturated carbocycles. The van der Waals surface area contributed by atoms with E-state index in [4.69, 9.17) is 10.3 Å². The van der Waals surface area contributed by atoms with Crippen LogP contribution in [0.3, 0.4) is 0 Å². The van der Waals surface area contributed by atoms with Gasteiger partial charge >= 0.3 is 0 Å². The summed E-state index contributed by atoms with van der Waals surface area (Å²) in [5.41, 5.74) is 6.20. The summed E-state index contributed by atoms with van der Waals surface area (Å²) in [5.74, 6) is 1.84. The van der Waals surface area contributed by atoms with Crippen molar-refractivity contribution in [3.05, 3.63) is 11.7 Å². The number of likely N-dealkylation sites (N-methyl/N-ethyl adjacent to an activating group) is 2. The maximum absolute atomic E-state index is 6.20.